The summed E-state index contributed by atoms with van der Waals surface area (Å²) in [5.41, 5.74) is 3.11. The molecule has 4 aliphatic rings. The van der Waals surface area contributed by atoms with E-state index in [-0.39, 0.29) is 29.5 Å². The van der Waals surface area contributed by atoms with Crippen LogP contribution in [0.4, 0.5) is 0 Å². The van der Waals surface area contributed by atoms with Gasteiger partial charge in [-0.05, 0) is 35.2 Å². The summed E-state index contributed by atoms with van der Waals surface area (Å²) in [6, 6.07) is 9.57. The molecule has 5 heterocycles. The van der Waals surface area contributed by atoms with E-state index in [0.717, 1.165) is 34.4 Å². The molecule has 16 heteroatoms. The molecule has 0 radical (unpaired) electrons. The first-order chi connectivity index (χ1) is 22.2. The van der Waals surface area contributed by atoms with Gasteiger partial charge in [0.05, 0.1) is 31.3 Å². The molecule has 0 spiro atoms. The zero-order valence-corrected chi connectivity index (χ0v) is 26.7. The van der Waals surface area contributed by atoms with E-state index in [4.69, 9.17) is 33.2 Å². The molecule has 256 valence electrons. The zero-order chi connectivity index (χ0) is 32.3. The van der Waals surface area contributed by atoms with Crippen molar-refractivity contribution in [1.29, 1.82) is 0 Å². The van der Waals surface area contributed by atoms with Gasteiger partial charge in [-0.1, -0.05) is 0 Å². The number of aryl methyl sites for hydroxylation is 2. The Bertz CT molecular complexity index is 1610. The minimum Gasteiger partial charge on any atom is -1.00 e. The molecule has 1 unspecified atom stereocenters. The number of hydrogen-bond acceptors (Lipinski definition) is 14. The lowest BCUT2D eigenvalue weighted by Gasteiger charge is -2.45. The van der Waals surface area contributed by atoms with Gasteiger partial charge in [0.2, 0.25) is 18.8 Å². The first-order valence-corrected chi connectivity index (χ1v) is 14.9. The van der Waals surface area contributed by atoms with Crippen molar-refractivity contribution in [2.45, 2.75) is 74.4 Å². The average Bonchev–Trinajstić information content (AvgIpc) is 3.53. The Morgan fingerprint density at radius 2 is 1.53 bits per heavy atom. The van der Waals surface area contributed by atoms with Crippen molar-refractivity contribution in [2.24, 2.45) is 0 Å². The third-order valence-electron chi connectivity index (χ3n) is 8.99. The number of hydrogen-bond donors (Lipinski definition) is 7. The fourth-order valence-electron chi connectivity index (χ4n) is 6.45. The molecule has 2 aromatic carbocycles. The highest BCUT2D eigenvalue weighted by Crippen LogP contribution is 2.42. The lowest BCUT2D eigenvalue weighted by Crippen LogP contribution is -3.00. The molecular weight excluding hydrogens is 690 g/mol. The quantitative estimate of drug-likeness (QED) is 0.114. The molecule has 0 amide bonds. The normalized spacial score (nSPS) is 32.7. The number of methoxy groups -OCH3 is 1. The van der Waals surface area contributed by atoms with Crippen LogP contribution in [0.1, 0.15) is 5.56 Å². The van der Waals surface area contributed by atoms with Crippen LogP contribution in [-0.2, 0) is 27.2 Å². The lowest BCUT2D eigenvalue weighted by atomic mass is 9.95. The van der Waals surface area contributed by atoms with Crippen LogP contribution in [0.2, 0.25) is 0 Å². The Kier molecular flexibility index (Phi) is 9.81. The van der Waals surface area contributed by atoms with Gasteiger partial charge in [-0.3, -0.25) is 0 Å². The summed E-state index contributed by atoms with van der Waals surface area (Å²) >= 11 is 0. The predicted molar refractivity (Wildman–Crippen MR) is 153 cm³/mol. The van der Waals surface area contributed by atoms with Crippen LogP contribution in [0.25, 0.3) is 22.0 Å². The van der Waals surface area contributed by atoms with Crippen molar-refractivity contribution < 1.29 is 90.5 Å². The number of halogens is 1. The summed E-state index contributed by atoms with van der Waals surface area (Å²) in [6.07, 6.45) is -13.1. The van der Waals surface area contributed by atoms with E-state index in [1.807, 2.05) is 30.5 Å². The van der Waals surface area contributed by atoms with Gasteiger partial charge in [0.15, 0.2) is 42.0 Å². The SMILES string of the molecule is COc1ccc2cc3[n+](cc2c1OC1O[C@H](CO)[C@@H](O[C@@H]2O[C@H](CO)[C@@H](O)[C@H](O)[C@H]2O)[C@H](O)[C@H]1O)CCc1cc2c(cc1-3)OCO2.[Br-]. The van der Waals surface area contributed by atoms with Crippen molar-refractivity contribution in [3.63, 3.8) is 0 Å². The Morgan fingerprint density at radius 3 is 2.26 bits per heavy atom. The first kappa shape index (κ1) is 34.0. The van der Waals surface area contributed by atoms with Crippen LogP contribution >= 0.6 is 0 Å². The smallest absolute Gasteiger partial charge is 0.231 e. The molecule has 47 heavy (non-hydrogen) atoms. The average molecular weight is 727 g/mol. The number of rotatable bonds is 7. The summed E-state index contributed by atoms with van der Waals surface area (Å²) < 4.78 is 41.9. The number of nitrogens with zero attached hydrogens (tertiary/aromatic N) is 1. The maximum Gasteiger partial charge on any atom is 0.231 e. The summed E-state index contributed by atoms with van der Waals surface area (Å²) in [4.78, 5) is 0. The maximum absolute atomic E-state index is 11.1. The Morgan fingerprint density at radius 1 is 0.830 bits per heavy atom. The summed E-state index contributed by atoms with van der Waals surface area (Å²) in [5, 5.41) is 73.9. The van der Waals surface area contributed by atoms with Gasteiger partial charge in [0.1, 0.15) is 48.8 Å². The summed E-state index contributed by atoms with van der Waals surface area (Å²) in [7, 11) is 1.46. The number of aliphatic hydroxyl groups excluding tert-OH is 7. The summed E-state index contributed by atoms with van der Waals surface area (Å²) in [6.45, 7) is -0.542. The molecule has 0 aliphatic carbocycles. The second kappa shape index (κ2) is 13.6. The molecule has 1 aromatic heterocycles. The molecule has 10 atom stereocenters. The Balaban J connectivity index is 0.00000386. The van der Waals surface area contributed by atoms with Crippen molar-refractivity contribution in [3.05, 3.63) is 42.1 Å². The highest BCUT2D eigenvalue weighted by Gasteiger charge is 2.51. The molecule has 0 saturated carbocycles. The minimum atomic E-state index is -1.77. The van der Waals surface area contributed by atoms with Crippen molar-refractivity contribution in [3.8, 4) is 34.3 Å². The van der Waals surface area contributed by atoms with E-state index >= 15 is 0 Å². The van der Waals surface area contributed by atoms with Crippen LogP contribution in [0.15, 0.2) is 36.5 Å². The summed E-state index contributed by atoms with van der Waals surface area (Å²) in [5.74, 6) is 1.97. The van der Waals surface area contributed by atoms with Crippen LogP contribution in [-0.4, -0.2) is 124 Å². The highest BCUT2D eigenvalue weighted by atomic mass is 79.9. The topological polar surface area (TPSA) is 210 Å². The number of fused-ring (bicyclic) bond motifs is 5. The fraction of sp³-hybridized carbons (Fsp3) is 0.516. The third-order valence-corrected chi connectivity index (χ3v) is 8.99. The second-order valence-electron chi connectivity index (χ2n) is 11.7. The van der Waals surface area contributed by atoms with Crippen molar-refractivity contribution >= 4 is 10.8 Å². The zero-order valence-electron chi connectivity index (χ0n) is 25.1. The van der Waals surface area contributed by atoms with Gasteiger partial charge >= 0.3 is 0 Å². The van der Waals surface area contributed by atoms with Crippen molar-refractivity contribution in [1.82, 2.24) is 0 Å². The molecule has 7 N–H and O–H groups in total. The van der Waals surface area contributed by atoms with Crippen LogP contribution in [0.3, 0.4) is 0 Å². The Hall–Kier alpha value is -2.87. The molecular formula is C31H36BrNO14. The first-order valence-electron chi connectivity index (χ1n) is 14.9. The van der Waals surface area contributed by atoms with Gasteiger partial charge in [-0.2, -0.15) is 4.57 Å². The molecule has 4 aliphatic heterocycles. The van der Waals surface area contributed by atoms with Gasteiger partial charge in [-0.25, -0.2) is 0 Å². The number of aliphatic hydroxyl groups is 7. The van der Waals surface area contributed by atoms with Crippen molar-refractivity contribution in [2.75, 3.05) is 27.1 Å². The van der Waals surface area contributed by atoms with E-state index in [9.17, 15) is 35.7 Å². The van der Waals surface area contributed by atoms with Gasteiger partial charge in [-0.15, -0.1) is 0 Å². The maximum atomic E-state index is 11.1. The van der Waals surface area contributed by atoms with E-state index in [1.54, 1.807) is 6.07 Å². The van der Waals surface area contributed by atoms with Gasteiger partial charge < -0.3 is 85.9 Å². The molecule has 7 rings (SSSR count). The number of ether oxygens (including phenoxy) is 7. The molecule has 3 aromatic rings. The largest absolute Gasteiger partial charge is 1.00 e. The standard InChI is InChI=1S/C31H36NO14.BrH/c1-40-18-3-2-13-6-17-15-8-20-19(41-12-42-20)7-14(15)4-5-32(17)9-16(13)28(18)45-31-27(39)25(37)29(22(11-34)44-31)46-30-26(38)24(36)23(35)21(10-33)43-30;/h2-3,6-9,21-27,29-31,33-39H,4-5,10-12H2,1H3;1H/q+1;/p-1/t21-,22-,23-,24+,25-,26-,27-,29-,30+,31?;/m1./s1. The van der Waals surface area contributed by atoms with Gasteiger partial charge in [0.25, 0.3) is 0 Å². The minimum absolute atomic E-state index is 0. The van der Waals surface area contributed by atoms with Crippen LogP contribution < -0.4 is 40.5 Å². The number of pyridine rings is 1. The monoisotopic (exact) mass is 725 g/mol. The number of benzene rings is 2. The molecule has 15 nitrogen and oxygen atoms in total. The predicted octanol–water partition coefficient (Wildman–Crippen LogP) is -4.91. The lowest BCUT2D eigenvalue weighted by molar-refractivity contribution is -0.686. The van der Waals surface area contributed by atoms with E-state index in [0.29, 0.717) is 23.4 Å². The van der Waals surface area contributed by atoms with Gasteiger partial charge in [0, 0.05) is 12.5 Å². The fourth-order valence-corrected chi connectivity index (χ4v) is 6.45. The molecule has 2 saturated heterocycles. The molecule has 2 fully saturated rings. The third kappa shape index (κ3) is 5.91. The second-order valence-corrected chi connectivity index (χ2v) is 11.7. The van der Waals surface area contributed by atoms with Crippen LogP contribution in [0, 0.1) is 0 Å². The van der Waals surface area contributed by atoms with E-state index in [1.165, 1.54) is 7.11 Å². The van der Waals surface area contributed by atoms with Crippen LogP contribution in [0.5, 0.6) is 23.0 Å². The highest BCUT2D eigenvalue weighted by molar-refractivity contribution is 5.91. The van der Waals surface area contributed by atoms with E-state index < -0.39 is 74.6 Å². The molecule has 0 bridgehead atoms. The number of aromatic nitrogens is 1. The van der Waals surface area contributed by atoms with E-state index in [2.05, 4.69) is 4.57 Å². The Labute approximate surface area is 278 Å².